The van der Waals surface area contributed by atoms with Crippen molar-refractivity contribution < 1.29 is 0 Å². The van der Waals surface area contributed by atoms with Crippen LogP contribution in [0.4, 0.5) is 0 Å². The zero-order valence-corrected chi connectivity index (χ0v) is 15.0. The monoisotopic (exact) mass is 300 g/mol. The van der Waals surface area contributed by atoms with Gasteiger partial charge in [-0.25, -0.2) is 0 Å². The average molecular weight is 300 g/mol. The first-order valence-electron chi connectivity index (χ1n) is 8.95. The SMILES string of the molecule is CC1c2cccc(C3CCN(C)CC3)c2CCN1C(C)(C)C. The maximum atomic E-state index is 2.66. The van der Waals surface area contributed by atoms with Crippen molar-refractivity contribution in [3.05, 3.63) is 34.9 Å². The first-order valence-corrected chi connectivity index (χ1v) is 8.95. The standard InChI is InChI=1S/C20H32N2/c1-15-17-7-6-8-18(16-9-12-21(5)13-10-16)19(17)11-14-22(15)20(2,3)4/h6-8,15-16H,9-14H2,1-5H3. The van der Waals surface area contributed by atoms with E-state index in [0.717, 1.165) is 5.92 Å². The van der Waals surface area contributed by atoms with E-state index < -0.39 is 0 Å². The highest BCUT2D eigenvalue weighted by atomic mass is 15.2. The molecule has 0 bridgehead atoms. The largest absolute Gasteiger partial charge is 0.306 e. The molecule has 1 aromatic rings. The van der Waals surface area contributed by atoms with Gasteiger partial charge in [0.25, 0.3) is 0 Å². The second-order valence-corrected chi connectivity index (χ2v) is 8.28. The minimum Gasteiger partial charge on any atom is -0.306 e. The van der Waals surface area contributed by atoms with Gasteiger partial charge in [-0.05, 0) is 89.7 Å². The molecule has 2 nitrogen and oxygen atoms in total. The third kappa shape index (κ3) is 2.96. The molecule has 1 aromatic carbocycles. The molecule has 0 radical (unpaired) electrons. The summed E-state index contributed by atoms with van der Waals surface area (Å²) in [6.45, 7) is 13.1. The summed E-state index contributed by atoms with van der Waals surface area (Å²) in [5.41, 5.74) is 5.16. The fourth-order valence-electron chi connectivity index (χ4n) is 4.52. The van der Waals surface area contributed by atoms with Crippen LogP contribution in [0, 0.1) is 0 Å². The molecular weight excluding hydrogens is 268 g/mol. The number of likely N-dealkylation sites (tertiary alicyclic amines) is 1. The van der Waals surface area contributed by atoms with Crippen LogP contribution in [0.15, 0.2) is 18.2 Å². The van der Waals surface area contributed by atoms with Gasteiger partial charge < -0.3 is 4.90 Å². The molecule has 1 fully saturated rings. The van der Waals surface area contributed by atoms with E-state index in [4.69, 9.17) is 0 Å². The van der Waals surface area contributed by atoms with E-state index >= 15 is 0 Å². The second-order valence-electron chi connectivity index (χ2n) is 8.28. The number of fused-ring (bicyclic) bond motifs is 1. The Morgan fingerprint density at radius 2 is 1.64 bits per heavy atom. The Labute approximate surface area is 136 Å². The Kier molecular flexibility index (Phi) is 4.35. The van der Waals surface area contributed by atoms with Crippen molar-refractivity contribution in [2.45, 2.75) is 64.5 Å². The quantitative estimate of drug-likeness (QED) is 0.766. The highest BCUT2D eigenvalue weighted by Gasteiger charge is 2.33. The number of rotatable bonds is 1. The third-order valence-electron chi connectivity index (χ3n) is 5.79. The van der Waals surface area contributed by atoms with Crippen LogP contribution in [-0.4, -0.2) is 42.0 Å². The lowest BCUT2D eigenvalue weighted by Gasteiger charge is -2.45. The van der Waals surface area contributed by atoms with Crippen molar-refractivity contribution in [1.82, 2.24) is 9.80 Å². The third-order valence-corrected chi connectivity index (χ3v) is 5.79. The van der Waals surface area contributed by atoms with Gasteiger partial charge >= 0.3 is 0 Å². The van der Waals surface area contributed by atoms with Crippen LogP contribution in [0.2, 0.25) is 0 Å². The van der Waals surface area contributed by atoms with E-state index in [1.807, 2.05) is 0 Å². The Bertz CT molecular complexity index is 521. The van der Waals surface area contributed by atoms with E-state index in [-0.39, 0.29) is 5.54 Å². The van der Waals surface area contributed by atoms with Gasteiger partial charge in [0.1, 0.15) is 0 Å². The molecule has 2 aliphatic heterocycles. The van der Waals surface area contributed by atoms with Crippen LogP contribution in [0.1, 0.15) is 69.2 Å². The summed E-state index contributed by atoms with van der Waals surface area (Å²) in [6.07, 6.45) is 3.87. The van der Waals surface area contributed by atoms with Gasteiger partial charge in [0.05, 0.1) is 0 Å². The number of nitrogens with zero attached hydrogens (tertiary/aromatic N) is 2. The molecule has 3 rings (SSSR count). The average Bonchev–Trinajstić information content (AvgIpc) is 2.47. The van der Waals surface area contributed by atoms with Crippen molar-refractivity contribution in [1.29, 1.82) is 0 Å². The molecule has 2 aliphatic rings. The summed E-state index contributed by atoms with van der Waals surface area (Å²) in [6, 6.07) is 7.62. The van der Waals surface area contributed by atoms with Gasteiger partial charge in [-0.15, -0.1) is 0 Å². The van der Waals surface area contributed by atoms with Gasteiger partial charge in [-0.1, -0.05) is 18.2 Å². The zero-order chi connectivity index (χ0) is 15.9. The molecule has 1 saturated heterocycles. The summed E-state index contributed by atoms with van der Waals surface area (Å²) in [4.78, 5) is 5.13. The van der Waals surface area contributed by atoms with Crippen LogP contribution in [0.3, 0.4) is 0 Å². The molecule has 0 aliphatic carbocycles. The van der Waals surface area contributed by atoms with Crippen molar-refractivity contribution in [2.24, 2.45) is 0 Å². The van der Waals surface area contributed by atoms with Gasteiger partial charge in [0, 0.05) is 18.1 Å². The van der Waals surface area contributed by atoms with Gasteiger partial charge in [0.15, 0.2) is 0 Å². The number of benzene rings is 1. The van der Waals surface area contributed by atoms with Crippen molar-refractivity contribution in [3.8, 4) is 0 Å². The summed E-state index contributed by atoms with van der Waals surface area (Å²) in [5.74, 6) is 0.777. The Morgan fingerprint density at radius 3 is 2.27 bits per heavy atom. The molecule has 2 heterocycles. The fraction of sp³-hybridized carbons (Fsp3) is 0.700. The van der Waals surface area contributed by atoms with Gasteiger partial charge in [0.2, 0.25) is 0 Å². The highest BCUT2D eigenvalue weighted by molar-refractivity contribution is 5.41. The Morgan fingerprint density at radius 1 is 1.00 bits per heavy atom. The zero-order valence-electron chi connectivity index (χ0n) is 15.0. The molecule has 0 amide bonds. The Balaban J connectivity index is 1.90. The molecular formula is C20H32N2. The predicted molar refractivity (Wildman–Crippen MR) is 94.5 cm³/mol. The first-order chi connectivity index (χ1) is 10.4. The van der Waals surface area contributed by atoms with Crippen LogP contribution in [0.5, 0.6) is 0 Å². The summed E-state index contributed by atoms with van der Waals surface area (Å²) >= 11 is 0. The molecule has 0 N–H and O–H groups in total. The second kappa shape index (κ2) is 5.98. The summed E-state index contributed by atoms with van der Waals surface area (Å²) in [5, 5.41) is 0. The minimum absolute atomic E-state index is 0.251. The highest BCUT2D eigenvalue weighted by Crippen LogP contribution is 2.39. The number of piperidine rings is 1. The predicted octanol–water partition coefficient (Wildman–Crippen LogP) is 4.21. The summed E-state index contributed by atoms with van der Waals surface area (Å²) < 4.78 is 0. The van der Waals surface area contributed by atoms with Crippen LogP contribution >= 0.6 is 0 Å². The molecule has 122 valence electrons. The van der Waals surface area contributed by atoms with E-state index in [0.29, 0.717) is 6.04 Å². The smallest absolute Gasteiger partial charge is 0.0328 e. The number of hydrogen-bond acceptors (Lipinski definition) is 2. The minimum atomic E-state index is 0.251. The van der Waals surface area contributed by atoms with Crippen LogP contribution in [0.25, 0.3) is 0 Å². The van der Waals surface area contributed by atoms with Crippen molar-refractivity contribution in [2.75, 3.05) is 26.7 Å². The maximum absolute atomic E-state index is 2.66. The lowest BCUT2D eigenvalue weighted by atomic mass is 9.80. The van der Waals surface area contributed by atoms with E-state index in [2.05, 4.69) is 62.7 Å². The van der Waals surface area contributed by atoms with Crippen LogP contribution in [-0.2, 0) is 6.42 Å². The molecule has 0 aromatic heterocycles. The lowest BCUT2D eigenvalue weighted by Crippen LogP contribution is -2.46. The molecule has 2 heteroatoms. The van der Waals surface area contributed by atoms with Crippen LogP contribution < -0.4 is 0 Å². The van der Waals surface area contributed by atoms with Gasteiger partial charge in [-0.2, -0.15) is 0 Å². The molecule has 1 unspecified atom stereocenters. The first kappa shape index (κ1) is 16.0. The molecule has 0 saturated carbocycles. The van der Waals surface area contributed by atoms with Gasteiger partial charge in [-0.3, -0.25) is 4.90 Å². The molecule has 0 spiro atoms. The lowest BCUT2D eigenvalue weighted by molar-refractivity contribution is 0.0820. The summed E-state index contributed by atoms with van der Waals surface area (Å²) in [7, 11) is 2.25. The van der Waals surface area contributed by atoms with E-state index in [9.17, 15) is 0 Å². The Hall–Kier alpha value is -0.860. The maximum Gasteiger partial charge on any atom is 0.0328 e. The van der Waals surface area contributed by atoms with E-state index in [1.165, 1.54) is 38.9 Å². The molecule has 22 heavy (non-hydrogen) atoms. The van der Waals surface area contributed by atoms with Crippen molar-refractivity contribution in [3.63, 3.8) is 0 Å². The van der Waals surface area contributed by atoms with Crippen molar-refractivity contribution >= 4 is 0 Å². The fourth-order valence-corrected chi connectivity index (χ4v) is 4.52. The number of hydrogen-bond donors (Lipinski definition) is 0. The molecule has 1 atom stereocenters. The van der Waals surface area contributed by atoms with E-state index in [1.54, 1.807) is 16.7 Å². The topological polar surface area (TPSA) is 6.48 Å². The normalized spacial score (nSPS) is 25.2.